The van der Waals surface area contributed by atoms with Gasteiger partial charge in [0.1, 0.15) is 5.82 Å². The molecule has 1 heterocycles. The number of fused-ring (bicyclic) bond motifs is 1. The Kier molecular flexibility index (Phi) is 3.42. The maximum atomic E-state index is 13.3. The molecule has 1 aromatic heterocycles. The minimum atomic E-state index is -0.493. The number of rotatable bonds is 3. The number of benzene rings is 2. The van der Waals surface area contributed by atoms with Crippen molar-refractivity contribution in [1.82, 2.24) is 9.78 Å². The summed E-state index contributed by atoms with van der Waals surface area (Å²) in [6.07, 6.45) is 0.617. The van der Waals surface area contributed by atoms with Crippen LogP contribution in [0.3, 0.4) is 0 Å². The molecule has 110 valence electrons. The van der Waals surface area contributed by atoms with Gasteiger partial charge in [-0.25, -0.2) is 4.39 Å². The van der Waals surface area contributed by atoms with Crippen LogP contribution in [0.1, 0.15) is 10.4 Å². The van der Waals surface area contributed by atoms with Gasteiger partial charge in [0.05, 0.1) is 5.52 Å². The maximum Gasteiger partial charge on any atom is 0.278 e. The molecule has 0 fully saturated rings. The van der Waals surface area contributed by atoms with Gasteiger partial charge in [0, 0.05) is 18.0 Å². The first-order chi connectivity index (χ1) is 10.6. The highest BCUT2D eigenvalue weighted by Gasteiger charge is 2.19. The summed E-state index contributed by atoms with van der Waals surface area (Å²) in [5, 5.41) is 4.87. The van der Waals surface area contributed by atoms with Gasteiger partial charge in [0.25, 0.3) is 5.91 Å². The van der Waals surface area contributed by atoms with E-state index < -0.39 is 11.7 Å². The smallest absolute Gasteiger partial charge is 0.278 e. The van der Waals surface area contributed by atoms with E-state index in [2.05, 4.69) is 5.10 Å². The van der Waals surface area contributed by atoms with E-state index in [1.54, 1.807) is 31.3 Å². The molecule has 0 N–H and O–H groups in total. The standard InChI is InChI=1S/C16H12FN3O2/c1-19(10-21)15-13-7-2-3-8-14(13)20(18-15)16(22)11-5-4-6-12(17)9-11/h2-10H,1H3. The number of anilines is 1. The van der Waals surface area contributed by atoms with Crippen LogP contribution in [-0.2, 0) is 4.79 Å². The molecule has 0 radical (unpaired) electrons. The molecule has 0 atom stereocenters. The van der Waals surface area contributed by atoms with Crippen LogP contribution in [0.25, 0.3) is 10.9 Å². The van der Waals surface area contributed by atoms with E-state index >= 15 is 0 Å². The number of carbonyl (C=O) groups is 2. The SMILES string of the molecule is CN(C=O)c1nn(C(=O)c2cccc(F)c2)c2ccccc12. The molecule has 3 aromatic rings. The van der Waals surface area contributed by atoms with Crippen LogP contribution in [0.4, 0.5) is 10.2 Å². The first-order valence-electron chi connectivity index (χ1n) is 6.58. The third-order valence-corrected chi connectivity index (χ3v) is 3.32. The number of aromatic nitrogens is 2. The van der Waals surface area contributed by atoms with Gasteiger partial charge in [-0.1, -0.05) is 18.2 Å². The maximum absolute atomic E-state index is 13.3. The van der Waals surface area contributed by atoms with Crippen LogP contribution in [0, 0.1) is 5.82 Å². The second-order valence-corrected chi connectivity index (χ2v) is 4.78. The average Bonchev–Trinajstić information content (AvgIpc) is 2.93. The summed E-state index contributed by atoms with van der Waals surface area (Å²) < 4.78 is 14.5. The van der Waals surface area contributed by atoms with E-state index in [-0.39, 0.29) is 5.56 Å². The lowest BCUT2D eigenvalue weighted by Gasteiger charge is -2.06. The van der Waals surface area contributed by atoms with Crippen molar-refractivity contribution in [2.24, 2.45) is 0 Å². The predicted octanol–water partition coefficient (Wildman–Crippen LogP) is 2.46. The van der Waals surface area contributed by atoms with Crippen molar-refractivity contribution < 1.29 is 14.0 Å². The fourth-order valence-electron chi connectivity index (χ4n) is 2.26. The number of halogens is 1. The highest BCUT2D eigenvalue weighted by Crippen LogP contribution is 2.25. The molecular formula is C16H12FN3O2. The molecule has 3 rings (SSSR count). The minimum absolute atomic E-state index is 0.188. The Labute approximate surface area is 125 Å². The normalized spacial score (nSPS) is 10.6. The summed E-state index contributed by atoms with van der Waals surface area (Å²) in [5.41, 5.74) is 0.744. The number of hydrogen-bond acceptors (Lipinski definition) is 3. The summed E-state index contributed by atoms with van der Waals surface area (Å²) in [7, 11) is 1.55. The molecule has 0 aliphatic carbocycles. The Morgan fingerprint density at radius 1 is 1.23 bits per heavy atom. The van der Waals surface area contributed by atoms with Gasteiger partial charge >= 0.3 is 0 Å². The van der Waals surface area contributed by atoms with Gasteiger partial charge in [-0.15, -0.1) is 5.10 Å². The van der Waals surface area contributed by atoms with E-state index in [1.807, 2.05) is 0 Å². The van der Waals surface area contributed by atoms with E-state index in [1.165, 1.54) is 27.8 Å². The molecule has 2 aromatic carbocycles. The molecule has 0 saturated carbocycles. The van der Waals surface area contributed by atoms with Crippen molar-refractivity contribution in [3.8, 4) is 0 Å². The lowest BCUT2D eigenvalue weighted by molar-refractivity contribution is -0.107. The van der Waals surface area contributed by atoms with Crippen molar-refractivity contribution in [2.75, 3.05) is 11.9 Å². The highest BCUT2D eigenvalue weighted by atomic mass is 19.1. The Morgan fingerprint density at radius 3 is 2.73 bits per heavy atom. The number of hydrogen-bond donors (Lipinski definition) is 0. The van der Waals surface area contributed by atoms with Gasteiger partial charge in [0.2, 0.25) is 6.41 Å². The Balaban J connectivity index is 2.19. The van der Waals surface area contributed by atoms with Crippen LogP contribution in [-0.4, -0.2) is 29.1 Å². The van der Waals surface area contributed by atoms with E-state index in [0.717, 1.165) is 6.07 Å². The molecule has 1 amide bonds. The third kappa shape index (κ3) is 2.24. The quantitative estimate of drug-likeness (QED) is 0.698. The lowest BCUT2D eigenvalue weighted by Crippen LogP contribution is -2.17. The van der Waals surface area contributed by atoms with Gasteiger partial charge in [-0.2, -0.15) is 4.68 Å². The van der Waals surface area contributed by atoms with Crippen LogP contribution < -0.4 is 4.90 Å². The largest absolute Gasteiger partial charge is 0.301 e. The summed E-state index contributed by atoms with van der Waals surface area (Å²) >= 11 is 0. The van der Waals surface area contributed by atoms with Crippen molar-refractivity contribution in [3.05, 3.63) is 59.9 Å². The number of amides is 1. The third-order valence-electron chi connectivity index (χ3n) is 3.32. The second-order valence-electron chi connectivity index (χ2n) is 4.78. The molecule has 5 nitrogen and oxygen atoms in total. The summed E-state index contributed by atoms with van der Waals surface area (Å²) in [6.45, 7) is 0. The molecule has 0 spiro atoms. The number of carbonyl (C=O) groups excluding carboxylic acids is 2. The van der Waals surface area contributed by atoms with Gasteiger partial charge < -0.3 is 4.90 Å². The van der Waals surface area contributed by atoms with Crippen LogP contribution in [0.5, 0.6) is 0 Å². The van der Waals surface area contributed by atoms with Gasteiger partial charge in [0.15, 0.2) is 5.82 Å². The van der Waals surface area contributed by atoms with Gasteiger partial charge in [-0.3, -0.25) is 9.59 Å². The van der Waals surface area contributed by atoms with E-state index in [4.69, 9.17) is 0 Å². The van der Waals surface area contributed by atoms with Crippen molar-refractivity contribution >= 4 is 29.0 Å². The van der Waals surface area contributed by atoms with Crippen molar-refractivity contribution in [2.45, 2.75) is 0 Å². The van der Waals surface area contributed by atoms with Crippen LogP contribution >= 0.6 is 0 Å². The Hall–Kier alpha value is -3.02. The fraction of sp³-hybridized carbons (Fsp3) is 0.0625. The molecule has 0 unspecified atom stereocenters. The summed E-state index contributed by atoms with van der Waals surface area (Å²) in [4.78, 5) is 24.8. The van der Waals surface area contributed by atoms with E-state index in [9.17, 15) is 14.0 Å². The zero-order valence-corrected chi connectivity index (χ0v) is 11.7. The fourth-order valence-corrected chi connectivity index (χ4v) is 2.26. The lowest BCUT2D eigenvalue weighted by atomic mass is 10.2. The van der Waals surface area contributed by atoms with Crippen LogP contribution in [0.15, 0.2) is 48.5 Å². The monoisotopic (exact) mass is 297 g/mol. The molecule has 6 heteroatoms. The topological polar surface area (TPSA) is 55.2 Å². The molecule has 0 aliphatic rings. The first kappa shape index (κ1) is 13.9. The van der Waals surface area contributed by atoms with Crippen molar-refractivity contribution in [3.63, 3.8) is 0 Å². The zero-order valence-electron chi connectivity index (χ0n) is 11.7. The zero-order chi connectivity index (χ0) is 15.7. The van der Waals surface area contributed by atoms with E-state index in [0.29, 0.717) is 23.1 Å². The molecule has 0 aliphatic heterocycles. The Morgan fingerprint density at radius 2 is 2.00 bits per heavy atom. The summed E-state index contributed by atoms with van der Waals surface area (Å²) in [5.74, 6) is -0.579. The summed E-state index contributed by atoms with van der Waals surface area (Å²) in [6, 6.07) is 12.5. The minimum Gasteiger partial charge on any atom is -0.301 e. The molecule has 0 saturated heterocycles. The molecule has 22 heavy (non-hydrogen) atoms. The molecule has 0 bridgehead atoms. The molecular weight excluding hydrogens is 285 g/mol. The first-order valence-corrected chi connectivity index (χ1v) is 6.58. The Bertz CT molecular complexity index is 873. The van der Waals surface area contributed by atoms with Crippen LogP contribution in [0.2, 0.25) is 0 Å². The van der Waals surface area contributed by atoms with Gasteiger partial charge in [-0.05, 0) is 30.3 Å². The predicted molar refractivity (Wildman–Crippen MR) is 80.3 cm³/mol. The number of para-hydroxylation sites is 1. The number of nitrogens with zero attached hydrogens (tertiary/aromatic N) is 3. The van der Waals surface area contributed by atoms with Crippen molar-refractivity contribution in [1.29, 1.82) is 0 Å². The average molecular weight is 297 g/mol. The second kappa shape index (κ2) is 5.40. The highest BCUT2D eigenvalue weighted by molar-refractivity contribution is 6.05.